The molecule has 2 heterocycles. The SMILES string of the molecule is CC(CCC(O[C@H]1C[C@@H](N)C[C@@H](CO[C@H]2C[C@@H](ON)C[C@@H](CN=O)O2)O1)C(C)(C)N=O)C1CCC2(C)C3CC=C4C(CC[C@H](ON)C4(C)C)C3(C)CCC12C. The van der Waals surface area contributed by atoms with E-state index < -0.39 is 30.3 Å². The van der Waals surface area contributed by atoms with Crippen LogP contribution in [0.3, 0.4) is 0 Å². The Morgan fingerprint density at radius 1 is 0.891 bits per heavy atom. The first kappa shape index (κ1) is 43.2. The molecule has 8 unspecified atom stereocenters. The standard InChI is InChI=1S/C42H73N5O8/c1-25(30-15-16-42(8)33-12-10-31-32(11-14-34(55-45)38(31,2)3)40(33,6)17-18-41(30,42)7)9-13-35(39(4,5)47-49)53-37-20-26(43)19-29(52-37)24-50-36-22-27(54-44)21-28(51-36)23-46-48/h10,25-30,32-37H,9,11-24,43-45H2,1-8H3/t25?,26-,27-,28-,29-,30?,32?,33?,34-,35?,36+,37-,40?,41?,42?/m0/s1. The molecule has 6 N–H and O–H groups in total. The number of nitroso groups, excluding NO2 is 2. The molecule has 13 heteroatoms. The molecule has 2 saturated heterocycles. The van der Waals surface area contributed by atoms with E-state index in [1.54, 1.807) is 5.57 Å². The van der Waals surface area contributed by atoms with Crippen molar-refractivity contribution in [3.8, 4) is 0 Å². The number of hydrogen-bond acceptors (Lipinski definition) is 13. The summed E-state index contributed by atoms with van der Waals surface area (Å²) in [5.74, 6) is 13.5. The van der Waals surface area contributed by atoms with E-state index in [1.807, 2.05) is 13.8 Å². The Kier molecular flexibility index (Phi) is 13.1. The number of nitrogens with zero attached hydrogens (tertiary/aromatic N) is 2. The van der Waals surface area contributed by atoms with Crippen LogP contribution in [0.2, 0.25) is 0 Å². The molecule has 6 rings (SSSR count). The van der Waals surface area contributed by atoms with Gasteiger partial charge in [0.2, 0.25) is 0 Å². The van der Waals surface area contributed by atoms with E-state index in [9.17, 15) is 9.81 Å². The van der Waals surface area contributed by atoms with E-state index in [2.05, 4.69) is 58.0 Å². The second kappa shape index (κ2) is 16.7. The van der Waals surface area contributed by atoms with Gasteiger partial charge in [-0.3, -0.25) is 0 Å². The zero-order valence-electron chi connectivity index (χ0n) is 35.0. The number of nitrogens with two attached hydrogens (primary N) is 3. The average Bonchev–Trinajstić information content (AvgIpc) is 3.42. The second-order valence-corrected chi connectivity index (χ2v) is 20.3. The summed E-state index contributed by atoms with van der Waals surface area (Å²) < 4.78 is 25.1. The Morgan fingerprint density at radius 2 is 1.64 bits per heavy atom. The number of ether oxygens (including phenoxy) is 4. The van der Waals surface area contributed by atoms with Crippen LogP contribution in [0.4, 0.5) is 0 Å². The van der Waals surface area contributed by atoms with Gasteiger partial charge in [-0.15, -0.1) is 0 Å². The van der Waals surface area contributed by atoms with Gasteiger partial charge >= 0.3 is 0 Å². The zero-order chi connectivity index (χ0) is 40.0. The van der Waals surface area contributed by atoms with Crippen LogP contribution < -0.4 is 17.5 Å². The van der Waals surface area contributed by atoms with Crippen LogP contribution in [0.1, 0.15) is 139 Å². The van der Waals surface area contributed by atoms with Crippen LogP contribution >= 0.6 is 0 Å². The molecule has 0 radical (unpaired) electrons. The van der Waals surface area contributed by atoms with Gasteiger partial charge in [0.05, 0.1) is 37.1 Å². The summed E-state index contributed by atoms with van der Waals surface area (Å²) in [7, 11) is 0. The molecule has 0 aromatic carbocycles. The first-order valence-electron chi connectivity index (χ1n) is 21.3. The maximum absolute atomic E-state index is 12.3. The molecule has 3 saturated carbocycles. The van der Waals surface area contributed by atoms with E-state index in [1.165, 1.54) is 25.7 Å². The van der Waals surface area contributed by atoms with Gasteiger partial charge < -0.3 is 34.4 Å². The maximum Gasteiger partial charge on any atom is 0.160 e. The highest BCUT2D eigenvalue weighted by Gasteiger charge is 2.67. The summed E-state index contributed by atoms with van der Waals surface area (Å²) in [5.41, 5.74) is 7.89. The lowest BCUT2D eigenvalue weighted by atomic mass is 9.39. The third kappa shape index (κ3) is 8.14. The topological polar surface area (TPSA) is 192 Å². The van der Waals surface area contributed by atoms with E-state index in [0.717, 1.165) is 25.7 Å². The molecule has 314 valence electrons. The number of allylic oxidation sites excluding steroid dienone is 1. The first-order valence-corrected chi connectivity index (χ1v) is 21.3. The van der Waals surface area contributed by atoms with E-state index >= 15 is 0 Å². The van der Waals surface area contributed by atoms with Gasteiger partial charge in [-0.25, -0.2) is 11.8 Å². The van der Waals surface area contributed by atoms with Gasteiger partial charge in [-0.2, -0.15) is 9.81 Å². The molecule has 0 aromatic heterocycles. The minimum absolute atomic E-state index is 0.00440. The lowest BCUT2D eigenvalue weighted by molar-refractivity contribution is -0.262. The summed E-state index contributed by atoms with van der Waals surface area (Å²) in [5, 5.41) is 6.53. The molecule has 0 amide bonds. The highest BCUT2D eigenvalue weighted by molar-refractivity contribution is 5.30. The van der Waals surface area contributed by atoms with Crippen molar-refractivity contribution in [3.63, 3.8) is 0 Å². The molecule has 0 spiro atoms. The van der Waals surface area contributed by atoms with Crippen molar-refractivity contribution >= 4 is 0 Å². The van der Waals surface area contributed by atoms with Crippen LogP contribution in [0.25, 0.3) is 0 Å². The maximum atomic E-state index is 12.3. The van der Waals surface area contributed by atoms with Gasteiger partial charge in [0.15, 0.2) is 12.6 Å². The smallest absolute Gasteiger partial charge is 0.160 e. The fourth-order valence-corrected chi connectivity index (χ4v) is 13.1. The lowest BCUT2D eigenvalue weighted by Gasteiger charge is -2.66. The molecule has 0 bridgehead atoms. The molecule has 55 heavy (non-hydrogen) atoms. The van der Waals surface area contributed by atoms with Crippen molar-refractivity contribution in [1.82, 2.24) is 0 Å². The van der Waals surface area contributed by atoms with Crippen LogP contribution in [-0.4, -0.2) is 67.8 Å². The van der Waals surface area contributed by atoms with Crippen LogP contribution in [-0.2, 0) is 28.6 Å². The summed E-state index contributed by atoms with van der Waals surface area (Å²) >= 11 is 0. The van der Waals surface area contributed by atoms with Gasteiger partial charge in [-0.1, -0.05) is 63.5 Å². The summed E-state index contributed by atoms with van der Waals surface area (Å²) in [6.07, 6.45) is 12.0. The quantitative estimate of drug-likeness (QED) is 0.0844. The van der Waals surface area contributed by atoms with Crippen molar-refractivity contribution in [2.75, 3.05) is 13.2 Å². The third-order valence-corrected chi connectivity index (χ3v) is 16.6. The Balaban J connectivity index is 1.09. The molecular formula is C42H73N5O8. The van der Waals surface area contributed by atoms with Crippen molar-refractivity contribution in [2.45, 2.75) is 194 Å². The van der Waals surface area contributed by atoms with Crippen molar-refractivity contribution in [3.05, 3.63) is 21.5 Å². The molecule has 0 aromatic rings. The van der Waals surface area contributed by atoms with Gasteiger partial charge in [0.25, 0.3) is 0 Å². The van der Waals surface area contributed by atoms with Crippen molar-refractivity contribution in [1.29, 1.82) is 0 Å². The minimum atomic E-state index is -0.944. The van der Waals surface area contributed by atoms with Crippen molar-refractivity contribution < 1.29 is 28.6 Å². The van der Waals surface area contributed by atoms with Crippen LogP contribution in [0.15, 0.2) is 22.0 Å². The molecule has 13 nitrogen and oxygen atoms in total. The number of rotatable bonds is 15. The normalized spacial score (nSPS) is 44.0. The van der Waals surface area contributed by atoms with Crippen molar-refractivity contribution in [2.24, 2.45) is 73.2 Å². The third-order valence-electron chi connectivity index (χ3n) is 16.6. The zero-order valence-corrected chi connectivity index (χ0v) is 35.0. The monoisotopic (exact) mass is 776 g/mol. The largest absolute Gasteiger partial charge is 0.350 e. The lowest BCUT2D eigenvalue weighted by Crippen LogP contribution is -2.59. The predicted octanol–water partition coefficient (Wildman–Crippen LogP) is 7.58. The average molecular weight is 776 g/mol. The molecule has 15 atom stereocenters. The summed E-state index contributed by atoms with van der Waals surface area (Å²) in [6, 6.07) is -0.160. The molecule has 2 aliphatic heterocycles. The van der Waals surface area contributed by atoms with E-state index in [4.69, 9.17) is 46.2 Å². The Bertz CT molecular complexity index is 1380. The Labute approximate surface area is 329 Å². The fourth-order valence-electron chi connectivity index (χ4n) is 13.1. The van der Waals surface area contributed by atoms with Crippen LogP contribution in [0, 0.1) is 55.1 Å². The first-order chi connectivity index (χ1) is 25.9. The molecule has 4 aliphatic carbocycles. The second-order valence-electron chi connectivity index (χ2n) is 20.3. The Morgan fingerprint density at radius 3 is 2.33 bits per heavy atom. The van der Waals surface area contributed by atoms with E-state index in [0.29, 0.717) is 55.8 Å². The van der Waals surface area contributed by atoms with Gasteiger partial charge in [0, 0.05) is 30.7 Å². The van der Waals surface area contributed by atoms with Crippen LogP contribution in [0.5, 0.6) is 0 Å². The fraction of sp³-hybridized carbons (Fsp3) is 0.952. The van der Waals surface area contributed by atoms with Gasteiger partial charge in [-0.05, 0) is 118 Å². The van der Waals surface area contributed by atoms with Gasteiger partial charge in [0.1, 0.15) is 12.1 Å². The molecular weight excluding hydrogens is 702 g/mol. The number of fused-ring (bicyclic) bond motifs is 5. The Hall–Kier alpha value is -1.42. The summed E-state index contributed by atoms with van der Waals surface area (Å²) in [4.78, 5) is 33.7. The highest BCUT2D eigenvalue weighted by Crippen LogP contribution is 2.75. The predicted molar refractivity (Wildman–Crippen MR) is 211 cm³/mol. The highest BCUT2D eigenvalue weighted by atomic mass is 16.7. The number of hydrogen-bond donors (Lipinski definition) is 3. The van der Waals surface area contributed by atoms with E-state index in [-0.39, 0.29) is 59.2 Å². The summed E-state index contributed by atoms with van der Waals surface area (Å²) in [6.45, 7) is 18.9. The molecule has 5 fully saturated rings. The molecule has 6 aliphatic rings. The minimum Gasteiger partial charge on any atom is -0.350 e.